The van der Waals surface area contributed by atoms with Gasteiger partial charge in [0, 0.05) is 11.4 Å². The van der Waals surface area contributed by atoms with Crippen LogP contribution in [0.25, 0.3) is 0 Å². The van der Waals surface area contributed by atoms with Crippen molar-refractivity contribution in [3.05, 3.63) is 45.5 Å². The van der Waals surface area contributed by atoms with Crippen LogP contribution in [0.15, 0.2) is 28.0 Å². The summed E-state index contributed by atoms with van der Waals surface area (Å²) >= 11 is 1.65. The second-order valence-electron chi connectivity index (χ2n) is 4.43. The van der Waals surface area contributed by atoms with Gasteiger partial charge in [0.15, 0.2) is 0 Å². The molecule has 0 aliphatic rings. The molecular formula is C14H16N2O4S. The van der Waals surface area contributed by atoms with Crippen LogP contribution < -0.4 is 10.6 Å². The topological polar surface area (TPSA) is 91.6 Å². The molecule has 0 atom stereocenters. The van der Waals surface area contributed by atoms with E-state index in [0.29, 0.717) is 18.1 Å². The normalized spacial score (nSPS) is 10.3. The summed E-state index contributed by atoms with van der Waals surface area (Å²) in [5, 5.41) is 16.3. The Morgan fingerprint density at radius 1 is 1.38 bits per heavy atom. The molecule has 2 aromatic rings. The Morgan fingerprint density at radius 3 is 2.81 bits per heavy atom. The summed E-state index contributed by atoms with van der Waals surface area (Å²) in [6, 6.07) is 5.10. The minimum Gasteiger partial charge on any atom is -0.478 e. The molecule has 6 nitrogen and oxygen atoms in total. The Hall–Kier alpha value is -2.28. The first kappa shape index (κ1) is 15.1. The first-order chi connectivity index (χ1) is 10.1. The number of furan rings is 1. The van der Waals surface area contributed by atoms with E-state index in [1.54, 1.807) is 18.3 Å². The van der Waals surface area contributed by atoms with Crippen LogP contribution in [0.3, 0.4) is 0 Å². The number of hydrogen-bond acceptors (Lipinski definition) is 4. The van der Waals surface area contributed by atoms with Crippen LogP contribution in [-0.4, -0.2) is 23.7 Å². The van der Waals surface area contributed by atoms with E-state index >= 15 is 0 Å². The van der Waals surface area contributed by atoms with Gasteiger partial charge in [0.05, 0.1) is 6.54 Å². The molecule has 0 radical (unpaired) electrons. The van der Waals surface area contributed by atoms with Crippen LogP contribution in [0.4, 0.5) is 4.79 Å². The van der Waals surface area contributed by atoms with Crippen LogP contribution in [-0.2, 0) is 13.0 Å². The van der Waals surface area contributed by atoms with E-state index in [4.69, 9.17) is 9.52 Å². The second kappa shape index (κ2) is 6.94. The van der Waals surface area contributed by atoms with Gasteiger partial charge in [-0.2, -0.15) is 0 Å². The molecule has 0 aromatic carbocycles. The number of carbonyl (C=O) groups excluding carboxylic acids is 1. The molecule has 0 fully saturated rings. The van der Waals surface area contributed by atoms with Gasteiger partial charge in [-0.3, -0.25) is 0 Å². The number of nitrogens with one attached hydrogen (secondary N) is 2. The summed E-state index contributed by atoms with van der Waals surface area (Å²) in [6.45, 7) is 2.27. The molecular weight excluding hydrogens is 292 g/mol. The maximum atomic E-state index is 11.6. The molecule has 0 unspecified atom stereocenters. The molecule has 21 heavy (non-hydrogen) atoms. The number of rotatable bonds is 6. The van der Waals surface area contributed by atoms with E-state index in [-0.39, 0.29) is 18.1 Å². The van der Waals surface area contributed by atoms with E-state index in [1.165, 1.54) is 10.9 Å². The van der Waals surface area contributed by atoms with Gasteiger partial charge in [-0.1, -0.05) is 6.07 Å². The predicted octanol–water partition coefficient (Wildman–Crippen LogP) is 2.39. The third-order valence-corrected chi connectivity index (χ3v) is 3.80. The number of carboxylic acids is 1. The summed E-state index contributed by atoms with van der Waals surface area (Å²) in [7, 11) is 0. The van der Waals surface area contributed by atoms with Gasteiger partial charge in [0.2, 0.25) is 0 Å². The molecule has 0 saturated carbocycles. The zero-order valence-corrected chi connectivity index (χ0v) is 12.3. The SMILES string of the molecule is Cc1oc(CNC(=O)NCCc2cccs2)cc1C(=O)O. The lowest BCUT2D eigenvalue weighted by molar-refractivity contribution is 0.0695. The molecule has 2 heterocycles. The van der Waals surface area contributed by atoms with Crippen LogP contribution in [0.1, 0.15) is 26.8 Å². The quantitative estimate of drug-likeness (QED) is 0.764. The van der Waals surface area contributed by atoms with Crippen molar-refractivity contribution >= 4 is 23.3 Å². The molecule has 7 heteroatoms. The molecule has 0 saturated heterocycles. The average molecular weight is 308 g/mol. The van der Waals surface area contributed by atoms with Crippen molar-refractivity contribution in [2.45, 2.75) is 19.9 Å². The average Bonchev–Trinajstić information content (AvgIpc) is 3.06. The molecule has 2 amide bonds. The van der Waals surface area contributed by atoms with Crippen LogP contribution in [0, 0.1) is 6.92 Å². The second-order valence-corrected chi connectivity index (χ2v) is 5.46. The van der Waals surface area contributed by atoms with E-state index < -0.39 is 5.97 Å². The number of amides is 2. The third-order valence-electron chi connectivity index (χ3n) is 2.86. The standard InChI is InChI=1S/C14H16N2O4S/c1-9-12(13(17)18)7-10(20-9)8-16-14(19)15-5-4-11-3-2-6-21-11/h2-3,6-7H,4-5,8H2,1H3,(H,17,18)(H2,15,16,19). The fraction of sp³-hybridized carbons (Fsp3) is 0.286. The maximum Gasteiger partial charge on any atom is 0.339 e. The van der Waals surface area contributed by atoms with Gasteiger partial charge in [0.25, 0.3) is 0 Å². The number of carboxylic acid groups (broad SMARTS) is 1. The molecule has 2 rings (SSSR count). The fourth-order valence-corrected chi connectivity index (χ4v) is 2.54. The highest BCUT2D eigenvalue weighted by molar-refractivity contribution is 7.09. The molecule has 0 aliphatic carbocycles. The Kier molecular flexibility index (Phi) is 4.99. The first-order valence-corrected chi connectivity index (χ1v) is 7.31. The number of urea groups is 1. The molecule has 3 N–H and O–H groups in total. The molecule has 2 aromatic heterocycles. The van der Waals surface area contributed by atoms with Crippen molar-refractivity contribution in [3.8, 4) is 0 Å². The Balaban J connectivity index is 1.73. The number of thiophene rings is 1. The van der Waals surface area contributed by atoms with Crippen LogP contribution in [0.5, 0.6) is 0 Å². The summed E-state index contributed by atoms with van der Waals surface area (Å²) in [4.78, 5) is 23.7. The van der Waals surface area contributed by atoms with Crippen LogP contribution >= 0.6 is 11.3 Å². The monoisotopic (exact) mass is 308 g/mol. The lowest BCUT2D eigenvalue weighted by atomic mass is 10.2. The smallest absolute Gasteiger partial charge is 0.339 e. The fourth-order valence-electron chi connectivity index (χ4n) is 1.83. The number of aryl methyl sites for hydroxylation is 1. The van der Waals surface area contributed by atoms with E-state index in [2.05, 4.69) is 10.6 Å². The van der Waals surface area contributed by atoms with Gasteiger partial charge < -0.3 is 20.2 Å². The summed E-state index contributed by atoms with van der Waals surface area (Å²) in [5.41, 5.74) is 0.116. The summed E-state index contributed by atoms with van der Waals surface area (Å²) < 4.78 is 5.27. The Morgan fingerprint density at radius 2 is 2.19 bits per heavy atom. The van der Waals surface area contributed by atoms with Crippen molar-refractivity contribution in [2.24, 2.45) is 0 Å². The van der Waals surface area contributed by atoms with Crippen molar-refractivity contribution in [1.82, 2.24) is 10.6 Å². The van der Waals surface area contributed by atoms with Gasteiger partial charge in [-0.05, 0) is 30.9 Å². The van der Waals surface area contributed by atoms with Gasteiger partial charge in [0.1, 0.15) is 17.1 Å². The zero-order valence-electron chi connectivity index (χ0n) is 11.5. The van der Waals surface area contributed by atoms with Crippen molar-refractivity contribution < 1.29 is 19.1 Å². The first-order valence-electron chi connectivity index (χ1n) is 6.43. The lowest BCUT2D eigenvalue weighted by Crippen LogP contribution is -2.36. The highest BCUT2D eigenvalue weighted by Crippen LogP contribution is 2.14. The maximum absolute atomic E-state index is 11.6. The van der Waals surface area contributed by atoms with Crippen molar-refractivity contribution in [3.63, 3.8) is 0 Å². The predicted molar refractivity (Wildman–Crippen MR) is 78.7 cm³/mol. The minimum atomic E-state index is -1.04. The van der Waals surface area contributed by atoms with Gasteiger partial charge >= 0.3 is 12.0 Å². The van der Waals surface area contributed by atoms with Gasteiger partial charge in [-0.15, -0.1) is 11.3 Å². The molecule has 0 aliphatic heterocycles. The lowest BCUT2D eigenvalue weighted by Gasteiger charge is -2.05. The highest BCUT2D eigenvalue weighted by atomic mass is 32.1. The number of aromatic carboxylic acids is 1. The van der Waals surface area contributed by atoms with Crippen LogP contribution in [0.2, 0.25) is 0 Å². The third kappa shape index (κ3) is 4.35. The summed E-state index contributed by atoms with van der Waals surface area (Å²) in [6.07, 6.45) is 0.786. The molecule has 0 spiro atoms. The number of carbonyl (C=O) groups is 2. The van der Waals surface area contributed by atoms with Crippen molar-refractivity contribution in [1.29, 1.82) is 0 Å². The van der Waals surface area contributed by atoms with Crippen molar-refractivity contribution in [2.75, 3.05) is 6.54 Å². The highest BCUT2D eigenvalue weighted by Gasteiger charge is 2.13. The molecule has 0 bridgehead atoms. The number of hydrogen-bond donors (Lipinski definition) is 3. The summed E-state index contributed by atoms with van der Waals surface area (Å²) in [5.74, 6) is -0.293. The zero-order chi connectivity index (χ0) is 15.2. The van der Waals surface area contributed by atoms with E-state index in [1.807, 2.05) is 17.5 Å². The van der Waals surface area contributed by atoms with E-state index in [0.717, 1.165) is 6.42 Å². The Labute approximate surface area is 125 Å². The Bertz CT molecular complexity index is 619. The van der Waals surface area contributed by atoms with Gasteiger partial charge in [-0.25, -0.2) is 9.59 Å². The minimum absolute atomic E-state index is 0.116. The van der Waals surface area contributed by atoms with E-state index in [9.17, 15) is 9.59 Å². The largest absolute Gasteiger partial charge is 0.478 e. The molecule has 112 valence electrons.